The molecule has 0 N–H and O–H groups in total. The second-order valence-corrected chi connectivity index (χ2v) is 7.79. The lowest BCUT2D eigenvalue weighted by atomic mass is 10.1. The zero-order valence-corrected chi connectivity index (χ0v) is 15.2. The third-order valence-corrected chi connectivity index (χ3v) is 6.14. The number of furan rings is 1. The maximum atomic E-state index is 13.3. The molecule has 5 nitrogen and oxygen atoms in total. The van der Waals surface area contributed by atoms with Crippen LogP contribution in [0.25, 0.3) is 0 Å². The highest BCUT2D eigenvalue weighted by Gasteiger charge is 2.34. The van der Waals surface area contributed by atoms with E-state index < -0.39 is 21.1 Å². The van der Waals surface area contributed by atoms with Crippen LogP contribution < -0.4 is 0 Å². The van der Waals surface area contributed by atoms with Gasteiger partial charge in [0.2, 0.25) is 0 Å². The number of methoxy groups -OCH3 is 1. The molecule has 0 spiro atoms. The van der Waals surface area contributed by atoms with Gasteiger partial charge in [-0.05, 0) is 30.7 Å². The second-order valence-electron chi connectivity index (χ2n) is 5.76. The molecule has 0 aliphatic heterocycles. The van der Waals surface area contributed by atoms with Gasteiger partial charge >= 0.3 is 5.97 Å². The fraction of sp³-hybridized carbons (Fsp3) is 0.150. The first-order chi connectivity index (χ1) is 12.4. The average molecular weight is 370 g/mol. The van der Waals surface area contributed by atoms with Crippen molar-refractivity contribution in [3.8, 4) is 0 Å². The lowest BCUT2D eigenvalue weighted by Crippen LogP contribution is -2.15. The predicted molar refractivity (Wildman–Crippen MR) is 96.7 cm³/mol. The minimum Gasteiger partial charge on any atom is -0.465 e. The van der Waals surface area contributed by atoms with Crippen molar-refractivity contribution in [1.82, 2.24) is 0 Å². The van der Waals surface area contributed by atoms with Crippen LogP contribution in [0.3, 0.4) is 0 Å². The highest BCUT2D eigenvalue weighted by atomic mass is 32.2. The summed E-state index contributed by atoms with van der Waals surface area (Å²) in [6.07, 6.45) is 0. The number of esters is 1. The third kappa shape index (κ3) is 3.28. The van der Waals surface area contributed by atoms with Crippen molar-refractivity contribution in [2.75, 3.05) is 7.11 Å². The Bertz CT molecular complexity index is 1000. The van der Waals surface area contributed by atoms with E-state index in [4.69, 9.17) is 9.15 Å². The maximum Gasteiger partial charge on any atom is 0.341 e. The molecule has 1 unspecified atom stereocenters. The molecule has 0 saturated heterocycles. The minimum atomic E-state index is -3.79. The van der Waals surface area contributed by atoms with Crippen molar-refractivity contribution in [3.05, 3.63) is 89.4 Å². The van der Waals surface area contributed by atoms with Gasteiger partial charge < -0.3 is 9.15 Å². The van der Waals surface area contributed by atoms with E-state index >= 15 is 0 Å². The largest absolute Gasteiger partial charge is 0.465 e. The number of hydrogen-bond acceptors (Lipinski definition) is 5. The van der Waals surface area contributed by atoms with Crippen molar-refractivity contribution in [2.45, 2.75) is 17.1 Å². The van der Waals surface area contributed by atoms with Gasteiger partial charge in [0.15, 0.2) is 9.84 Å². The van der Waals surface area contributed by atoms with Crippen LogP contribution in [0.1, 0.15) is 32.7 Å². The van der Waals surface area contributed by atoms with E-state index in [0.717, 1.165) is 0 Å². The summed E-state index contributed by atoms with van der Waals surface area (Å²) in [5, 5.41) is -1.07. The number of sulfone groups is 1. The molecule has 0 aliphatic rings. The van der Waals surface area contributed by atoms with Crippen LogP contribution in [-0.4, -0.2) is 21.5 Å². The van der Waals surface area contributed by atoms with Crippen LogP contribution in [-0.2, 0) is 14.6 Å². The number of aryl methyl sites for hydroxylation is 1. The van der Waals surface area contributed by atoms with Gasteiger partial charge in [-0.1, -0.05) is 48.5 Å². The van der Waals surface area contributed by atoms with E-state index in [9.17, 15) is 13.2 Å². The number of ether oxygens (including phenoxy) is 1. The molecule has 0 radical (unpaired) electrons. The molecule has 2 aromatic carbocycles. The monoisotopic (exact) mass is 370 g/mol. The molecule has 26 heavy (non-hydrogen) atoms. The van der Waals surface area contributed by atoms with E-state index in [-0.39, 0.29) is 16.2 Å². The Labute approximate surface area is 152 Å². The molecule has 0 aliphatic carbocycles. The van der Waals surface area contributed by atoms with Crippen molar-refractivity contribution in [2.24, 2.45) is 0 Å². The van der Waals surface area contributed by atoms with Crippen LogP contribution in [0, 0.1) is 6.92 Å². The Balaban J connectivity index is 2.19. The summed E-state index contributed by atoms with van der Waals surface area (Å²) in [6, 6.07) is 18.4. The van der Waals surface area contributed by atoms with Crippen LogP contribution in [0.2, 0.25) is 0 Å². The van der Waals surface area contributed by atoms with Crippen LogP contribution in [0.15, 0.2) is 76.0 Å². The van der Waals surface area contributed by atoms with E-state index in [1.165, 1.54) is 13.2 Å². The average Bonchev–Trinajstić information content (AvgIpc) is 3.03. The van der Waals surface area contributed by atoms with Crippen LogP contribution in [0.4, 0.5) is 0 Å². The van der Waals surface area contributed by atoms with Gasteiger partial charge in [0.1, 0.15) is 22.3 Å². The summed E-state index contributed by atoms with van der Waals surface area (Å²) < 4.78 is 37.1. The molecule has 0 bridgehead atoms. The Morgan fingerprint density at radius 1 is 1.00 bits per heavy atom. The fourth-order valence-corrected chi connectivity index (χ4v) is 4.56. The van der Waals surface area contributed by atoms with Gasteiger partial charge in [-0.15, -0.1) is 0 Å². The lowest BCUT2D eigenvalue weighted by Gasteiger charge is -2.16. The molecule has 1 atom stereocenters. The van der Waals surface area contributed by atoms with Gasteiger partial charge in [-0.2, -0.15) is 0 Å². The highest BCUT2D eigenvalue weighted by molar-refractivity contribution is 7.91. The summed E-state index contributed by atoms with van der Waals surface area (Å²) >= 11 is 0. The lowest BCUT2D eigenvalue weighted by molar-refractivity contribution is 0.0599. The molecule has 0 amide bonds. The highest BCUT2D eigenvalue weighted by Crippen LogP contribution is 2.37. The minimum absolute atomic E-state index is 0.179. The Morgan fingerprint density at radius 2 is 1.58 bits per heavy atom. The Hall–Kier alpha value is -2.86. The van der Waals surface area contributed by atoms with Gasteiger partial charge in [-0.3, -0.25) is 0 Å². The summed E-state index contributed by atoms with van der Waals surface area (Å²) in [5.74, 6) is -0.0737. The van der Waals surface area contributed by atoms with Crippen molar-refractivity contribution >= 4 is 15.8 Å². The molecule has 3 aromatic rings. The number of carbonyl (C=O) groups is 1. The van der Waals surface area contributed by atoms with Gasteiger partial charge in [-0.25, -0.2) is 13.2 Å². The molecule has 6 heteroatoms. The summed E-state index contributed by atoms with van der Waals surface area (Å²) in [7, 11) is -2.52. The predicted octanol–water partition coefficient (Wildman–Crippen LogP) is 3.94. The van der Waals surface area contributed by atoms with Gasteiger partial charge in [0.25, 0.3) is 0 Å². The molecule has 134 valence electrons. The standard InChI is InChI=1S/C20H18O5S/c1-14-17(20(21)24-2)13-18(25-14)19(15-9-5-3-6-10-15)26(22,23)16-11-7-4-8-12-16/h3-13,19H,1-2H3. The van der Waals surface area contributed by atoms with E-state index in [0.29, 0.717) is 11.3 Å². The number of carbonyl (C=O) groups excluding carboxylic acids is 1. The third-order valence-electron chi connectivity index (χ3n) is 4.08. The van der Waals surface area contributed by atoms with E-state index in [1.54, 1.807) is 61.5 Å². The number of rotatable bonds is 5. The van der Waals surface area contributed by atoms with Crippen molar-refractivity contribution in [3.63, 3.8) is 0 Å². The number of benzene rings is 2. The maximum absolute atomic E-state index is 13.3. The normalized spacial score (nSPS) is 12.5. The molecular formula is C20H18O5S. The number of hydrogen-bond donors (Lipinski definition) is 0. The van der Waals surface area contributed by atoms with E-state index in [1.807, 2.05) is 6.07 Å². The first-order valence-corrected chi connectivity index (χ1v) is 9.52. The zero-order chi connectivity index (χ0) is 18.7. The first kappa shape index (κ1) is 17.9. The fourth-order valence-electron chi connectivity index (χ4n) is 2.82. The molecule has 1 aromatic heterocycles. The summed E-state index contributed by atoms with van der Waals surface area (Å²) in [4.78, 5) is 12.1. The van der Waals surface area contributed by atoms with Gasteiger partial charge in [0.05, 0.1) is 12.0 Å². The smallest absolute Gasteiger partial charge is 0.341 e. The quantitative estimate of drug-likeness (QED) is 0.636. The van der Waals surface area contributed by atoms with Crippen LogP contribution >= 0.6 is 0 Å². The Kier molecular flexibility index (Phi) is 4.95. The molecule has 1 heterocycles. The van der Waals surface area contributed by atoms with Crippen molar-refractivity contribution in [1.29, 1.82) is 0 Å². The molecule has 3 rings (SSSR count). The van der Waals surface area contributed by atoms with Crippen LogP contribution in [0.5, 0.6) is 0 Å². The molecular weight excluding hydrogens is 352 g/mol. The second kappa shape index (κ2) is 7.17. The molecule has 0 saturated carbocycles. The molecule has 0 fully saturated rings. The summed E-state index contributed by atoms with van der Waals surface area (Å²) in [5.41, 5.74) is 0.771. The SMILES string of the molecule is COC(=O)c1cc(C(c2ccccc2)S(=O)(=O)c2ccccc2)oc1C. The van der Waals surface area contributed by atoms with E-state index in [2.05, 4.69) is 0 Å². The topological polar surface area (TPSA) is 73.6 Å². The van der Waals surface area contributed by atoms with Crippen molar-refractivity contribution < 1.29 is 22.4 Å². The van der Waals surface area contributed by atoms with Gasteiger partial charge in [0, 0.05) is 0 Å². The zero-order valence-electron chi connectivity index (χ0n) is 14.4. The summed E-state index contributed by atoms with van der Waals surface area (Å²) in [6.45, 7) is 1.60. The Morgan fingerprint density at radius 3 is 2.15 bits per heavy atom. The first-order valence-electron chi connectivity index (χ1n) is 7.97.